The van der Waals surface area contributed by atoms with Crippen LogP contribution in [0.1, 0.15) is 25.1 Å². The molecule has 0 radical (unpaired) electrons. The molecule has 2 heterocycles. The molecule has 1 N–H and O–H groups in total. The van der Waals surface area contributed by atoms with E-state index >= 15 is 0 Å². The van der Waals surface area contributed by atoms with E-state index in [0.717, 1.165) is 18.2 Å². The Hall–Kier alpha value is -3.03. The second kappa shape index (κ2) is 8.56. The molecular formula is C16H21N5O3. The monoisotopic (exact) mass is 331 g/mol. The van der Waals surface area contributed by atoms with Gasteiger partial charge in [0.15, 0.2) is 7.05 Å². The summed E-state index contributed by atoms with van der Waals surface area (Å²) in [6.07, 6.45) is 1.46. The van der Waals surface area contributed by atoms with E-state index in [1.54, 1.807) is 0 Å². The molecular weight excluding hydrogens is 310 g/mol. The largest absolute Gasteiger partial charge is 0.282 e. The third-order valence-corrected chi connectivity index (χ3v) is 3.03. The molecule has 0 saturated heterocycles. The van der Waals surface area contributed by atoms with E-state index in [1.807, 2.05) is 52.0 Å². The van der Waals surface area contributed by atoms with E-state index in [4.69, 9.17) is 10.1 Å². The Morgan fingerprint density at radius 1 is 1.21 bits per heavy atom. The van der Waals surface area contributed by atoms with Crippen LogP contribution in [0.2, 0.25) is 0 Å². The molecule has 0 amide bonds. The number of aryl methyl sites for hydroxylation is 2. The summed E-state index contributed by atoms with van der Waals surface area (Å²) in [4.78, 5) is 29.0. The van der Waals surface area contributed by atoms with Crippen molar-refractivity contribution < 1.29 is 4.92 Å². The van der Waals surface area contributed by atoms with Crippen molar-refractivity contribution in [2.75, 3.05) is 7.05 Å². The first-order chi connectivity index (χ1) is 11.4. The lowest BCUT2D eigenvalue weighted by molar-refractivity contribution is -0.445. The minimum atomic E-state index is -0.500. The van der Waals surface area contributed by atoms with Gasteiger partial charge in [0.2, 0.25) is 0 Å². The molecule has 0 aliphatic heterocycles. The van der Waals surface area contributed by atoms with Gasteiger partial charge in [0.1, 0.15) is 6.33 Å². The van der Waals surface area contributed by atoms with Crippen LogP contribution in [0.3, 0.4) is 0 Å². The van der Waals surface area contributed by atoms with E-state index < -0.39 is 4.92 Å². The van der Waals surface area contributed by atoms with Crippen molar-refractivity contribution in [3.63, 3.8) is 0 Å². The van der Waals surface area contributed by atoms with E-state index in [1.165, 1.54) is 10.8 Å². The lowest BCUT2D eigenvalue weighted by atomic mass is 10.0. The molecule has 2 aromatic heterocycles. The first-order valence-electron chi connectivity index (χ1n) is 7.48. The lowest BCUT2D eigenvalue weighted by Gasteiger charge is -2.07. The maximum atomic E-state index is 12.4. The van der Waals surface area contributed by atoms with Gasteiger partial charge in [-0.25, -0.2) is 9.97 Å². The molecule has 1 aromatic carbocycles. The number of nitrogens with zero attached hydrogens (tertiary/aromatic N) is 4. The smallest absolute Gasteiger partial charge is 0.278 e. The van der Waals surface area contributed by atoms with Gasteiger partial charge in [0.25, 0.3) is 11.3 Å². The van der Waals surface area contributed by atoms with Crippen LogP contribution in [-0.2, 0) is 0 Å². The lowest BCUT2D eigenvalue weighted by Crippen LogP contribution is -2.19. The number of H-pyrrole nitrogens is 1. The minimum Gasteiger partial charge on any atom is -0.278 e. The number of hydrogen-bond acceptors (Lipinski definition) is 5. The Balaban J connectivity index is 0.000000423. The molecule has 0 saturated carbocycles. The zero-order valence-corrected chi connectivity index (χ0v) is 14.4. The van der Waals surface area contributed by atoms with Gasteiger partial charge in [0, 0.05) is 4.92 Å². The second-order valence-corrected chi connectivity index (χ2v) is 4.65. The highest BCUT2D eigenvalue weighted by molar-refractivity contribution is 5.69. The molecule has 0 aliphatic rings. The van der Waals surface area contributed by atoms with Crippen LogP contribution in [0, 0.1) is 24.0 Å². The number of nitrogens with one attached hydrogen (secondary N) is 1. The van der Waals surface area contributed by atoms with Gasteiger partial charge < -0.3 is 0 Å². The maximum absolute atomic E-state index is 12.4. The molecule has 0 fully saturated rings. The number of fused-ring (bicyclic) bond motifs is 1. The van der Waals surface area contributed by atoms with Crippen molar-refractivity contribution in [3.05, 3.63) is 62.3 Å². The van der Waals surface area contributed by atoms with Crippen LogP contribution in [0.15, 0.2) is 35.4 Å². The second-order valence-electron chi connectivity index (χ2n) is 4.65. The van der Waals surface area contributed by atoms with Gasteiger partial charge in [-0.05, 0) is 25.0 Å². The van der Waals surface area contributed by atoms with E-state index in [2.05, 4.69) is 15.1 Å². The van der Waals surface area contributed by atoms with Gasteiger partial charge in [-0.15, -0.1) is 0 Å². The van der Waals surface area contributed by atoms with Crippen molar-refractivity contribution >= 4 is 5.78 Å². The van der Waals surface area contributed by atoms with Crippen LogP contribution in [0.25, 0.3) is 16.9 Å². The number of aromatic nitrogens is 4. The highest BCUT2D eigenvalue weighted by Gasteiger charge is 2.14. The van der Waals surface area contributed by atoms with Crippen LogP contribution >= 0.6 is 0 Å². The summed E-state index contributed by atoms with van der Waals surface area (Å²) in [6, 6.07) is 7.79. The van der Waals surface area contributed by atoms with Crippen LogP contribution in [-0.4, -0.2) is 31.6 Å². The van der Waals surface area contributed by atoms with Crippen molar-refractivity contribution in [2.45, 2.75) is 27.7 Å². The SMILES string of the molecule is CC.C[N+](=O)[O-].Cc1ccccc1-c1c(C)nc2nc[nH]n2c1=O. The average Bonchev–Trinajstić information content (AvgIpc) is 2.99. The quantitative estimate of drug-likeness (QED) is 0.545. The fourth-order valence-electron chi connectivity index (χ4n) is 2.12. The molecule has 24 heavy (non-hydrogen) atoms. The first-order valence-corrected chi connectivity index (χ1v) is 7.48. The highest BCUT2D eigenvalue weighted by atomic mass is 16.6. The normalized spacial score (nSPS) is 9.54. The topological polar surface area (TPSA) is 106 Å². The zero-order valence-electron chi connectivity index (χ0n) is 14.4. The Kier molecular flexibility index (Phi) is 6.79. The Labute approximate surface area is 139 Å². The van der Waals surface area contributed by atoms with Crippen LogP contribution < -0.4 is 5.56 Å². The average molecular weight is 331 g/mol. The molecule has 0 spiro atoms. The van der Waals surface area contributed by atoms with Crippen LogP contribution in [0.4, 0.5) is 0 Å². The predicted octanol–water partition coefficient (Wildman–Crippen LogP) is 2.62. The third-order valence-electron chi connectivity index (χ3n) is 3.03. The summed E-state index contributed by atoms with van der Waals surface area (Å²) < 4.78 is 1.36. The fraction of sp³-hybridized carbons (Fsp3) is 0.312. The number of benzene rings is 1. The molecule has 8 nitrogen and oxygen atoms in total. The summed E-state index contributed by atoms with van der Waals surface area (Å²) in [7, 11) is 0.889. The summed E-state index contributed by atoms with van der Waals surface area (Å²) in [6.45, 7) is 7.81. The highest BCUT2D eigenvalue weighted by Crippen LogP contribution is 2.22. The van der Waals surface area contributed by atoms with Gasteiger partial charge >= 0.3 is 0 Å². The molecule has 0 atom stereocenters. The summed E-state index contributed by atoms with van der Waals surface area (Å²) in [5.74, 6) is 0.398. The minimum absolute atomic E-state index is 0.121. The molecule has 3 rings (SSSR count). The standard InChI is InChI=1S/C13H12N4O.C2H6.CH3NO2/c1-8-5-3-4-6-10(8)11-9(2)16-13-14-7-15-17(13)12(11)18;1-2;1-2(3)4/h3-7H,1-2H3,(H,14,15,16);1-2H3;1H3. The maximum Gasteiger partial charge on any atom is 0.282 e. The molecule has 0 aliphatic carbocycles. The Morgan fingerprint density at radius 2 is 1.79 bits per heavy atom. The summed E-state index contributed by atoms with van der Waals surface area (Å²) in [5, 5.41) is 11.6. The molecule has 3 aromatic rings. The molecule has 128 valence electrons. The van der Waals surface area contributed by atoms with Gasteiger partial charge in [-0.2, -0.15) is 4.52 Å². The van der Waals surface area contributed by atoms with Gasteiger partial charge in [0.05, 0.1) is 11.3 Å². The summed E-state index contributed by atoms with van der Waals surface area (Å²) >= 11 is 0. The number of rotatable bonds is 1. The van der Waals surface area contributed by atoms with Crippen LogP contribution in [0.5, 0.6) is 0 Å². The summed E-state index contributed by atoms with van der Waals surface area (Å²) in [5.41, 5.74) is 3.16. The van der Waals surface area contributed by atoms with Crippen molar-refractivity contribution in [3.8, 4) is 11.1 Å². The Morgan fingerprint density at radius 3 is 2.38 bits per heavy atom. The number of nitro groups is 1. The van der Waals surface area contributed by atoms with Gasteiger partial charge in [-0.3, -0.25) is 20.0 Å². The Bertz CT molecular complexity index is 879. The molecule has 8 heteroatoms. The van der Waals surface area contributed by atoms with Crippen molar-refractivity contribution in [1.82, 2.24) is 19.6 Å². The number of hydrogen-bond donors (Lipinski definition) is 1. The van der Waals surface area contributed by atoms with E-state index in [9.17, 15) is 4.79 Å². The molecule has 0 unspecified atom stereocenters. The van der Waals surface area contributed by atoms with E-state index in [-0.39, 0.29) is 5.56 Å². The van der Waals surface area contributed by atoms with E-state index in [0.29, 0.717) is 17.0 Å². The first kappa shape index (κ1) is 19.0. The molecule has 0 bridgehead atoms. The fourth-order valence-corrected chi connectivity index (χ4v) is 2.12. The third kappa shape index (κ3) is 4.25. The van der Waals surface area contributed by atoms with Crippen molar-refractivity contribution in [2.24, 2.45) is 0 Å². The predicted molar refractivity (Wildman–Crippen MR) is 92.8 cm³/mol. The van der Waals surface area contributed by atoms with Crippen molar-refractivity contribution in [1.29, 1.82) is 0 Å². The zero-order chi connectivity index (χ0) is 18.3. The van der Waals surface area contributed by atoms with Gasteiger partial charge in [-0.1, -0.05) is 38.1 Å². The number of aromatic amines is 1.